The maximum Gasteiger partial charge on any atom is 0.263 e. The number of hydrogen-bond acceptors (Lipinski definition) is 6. The Kier molecular flexibility index (Phi) is 6.72. The number of nitrogens with one attached hydrogen (secondary N) is 1. The Bertz CT molecular complexity index is 1060. The van der Waals surface area contributed by atoms with E-state index in [0.29, 0.717) is 32.2 Å². The van der Waals surface area contributed by atoms with Crippen LogP contribution in [0.3, 0.4) is 0 Å². The van der Waals surface area contributed by atoms with Gasteiger partial charge in [-0.15, -0.1) is 5.10 Å². The zero-order valence-electron chi connectivity index (χ0n) is 18.8. The topological polar surface area (TPSA) is 87.5 Å². The molecule has 0 unspecified atom stereocenters. The first-order valence-electron chi connectivity index (χ1n) is 10.9. The first-order valence-corrected chi connectivity index (χ1v) is 10.9. The van der Waals surface area contributed by atoms with Gasteiger partial charge in [-0.25, -0.2) is 0 Å². The first-order chi connectivity index (χ1) is 15.5. The average molecular weight is 439 g/mol. The predicted molar refractivity (Wildman–Crippen MR) is 120 cm³/mol. The number of carbonyl (C=O) groups excluding carboxylic acids is 1. The van der Waals surface area contributed by atoms with Crippen LogP contribution in [-0.2, 0) is 27.4 Å². The second kappa shape index (κ2) is 9.67. The molecule has 8 nitrogen and oxygen atoms in total. The minimum absolute atomic E-state index is 0.104. The highest BCUT2D eigenvalue weighted by atomic mass is 16.5. The number of benzene rings is 1. The molecule has 32 heavy (non-hydrogen) atoms. The maximum absolute atomic E-state index is 13.0. The number of pyridine rings is 1. The van der Waals surface area contributed by atoms with E-state index in [-0.39, 0.29) is 11.9 Å². The fraction of sp³-hybridized carbons (Fsp3) is 0.458. The smallest absolute Gasteiger partial charge is 0.263 e. The molecule has 0 saturated carbocycles. The monoisotopic (exact) mass is 438 g/mol. The van der Waals surface area contributed by atoms with Crippen LogP contribution in [0, 0.1) is 0 Å². The number of ether oxygens (including phenoxy) is 3. The Morgan fingerprint density at radius 2 is 2.06 bits per heavy atom. The van der Waals surface area contributed by atoms with Crippen molar-refractivity contribution in [2.45, 2.75) is 51.5 Å². The van der Waals surface area contributed by atoms with Gasteiger partial charge >= 0.3 is 0 Å². The molecule has 3 aromatic rings. The molecule has 4 rings (SSSR count). The van der Waals surface area contributed by atoms with Crippen molar-refractivity contribution in [3.8, 4) is 5.88 Å². The zero-order chi connectivity index (χ0) is 22.6. The van der Waals surface area contributed by atoms with Crippen molar-refractivity contribution in [3.05, 3.63) is 53.9 Å². The van der Waals surface area contributed by atoms with Crippen LogP contribution in [0.1, 0.15) is 37.8 Å². The molecule has 1 amide bonds. The van der Waals surface area contributed by atoms with Gasteiger partial charge in [0.15, 0.2) is 5.60 Å². The van der Waals surface area contributed by atoms with E-state index in [2.05, 4.69) is 10.3 Å². The number of aromatic nitrogens is 3. The van der Waals surface area contributed by atoms with Gasteiger partial charge in [-0.2, -0.15) is 0 Å². The Hall–Kier alpha value is -2.97. The Labute approximate surface area is 187 Å². The van der Waals surface area contributed by atoms with E-state index < -0.39 is 5.60 Å². The standard InChI is InChI=1S/C24H30N4O4/c1-24(2,23(29)26-19-8-11-31-12-9-19)32-22-20-13-17(16-30-3)6-7-21(20)28(27-22)15-18-5-4-10-25-14-18/h4-7,10,13-14,19H,8-9,11-12,15-16H2,1-3H3,(H,26,29). The summed E-state index contributed by atoms with van der Waals surface area (Å²) in [5.74, 6) is 0.265. The summed E-state index contributed by atoms with van der Waals surface area (Å²) in [6.07, 6.45) is 5.18. The van der Waals surface area contributed by atoms with E-state index in [4.69, 9.17) is 19.3 Å². The number of carbonyl (C=O) groups is 1. The van der Waals surface area contributed by atoms with Gasteiger partial charge in [0.1, 0.15) is 0 Å². The molecule has 0 spiro atoms. The second-order valence-corrected chi connectivity index (χ2v) is 8.58. The third-order valence-corrected chi connectivity index (χ3v) is 5.60. The second-order valence-electron chi connectivity index (χ2n) is 8.58. The van der Waals surface area contributed by atoms with Crippen molar-refractivity contribution in [1.29, 1.82) is 0 Å². The van der Waals surface area contributed by atoms with Crippen molar-refractivity contribution in [1.82, 2.24) is 20.1 Å². The van der Waals surface area contributed by atoms with Gasteiger partial charge in [-0.3, -0.25) is 14.5 Å². The van der Waals surface area contributed by atoms with Gasteiger partial charge in [0.25, 0.3) is 5.91 Å². The average Bonchev–Trinajstić information content (AvgIpc) is 3.11. The summed E-state index contributed by atoms with van der Waals surface area (Å²) >= 11 is 0. The van der Waals surface area contributed by atoms with E-state index in [1.807, 2.05) is 41.2 Å². The largest absolute Gasteiger partial charge is 0.460 e. The van der Waals surface area contributed by atoms with Gasteiger partial charge in [0.05, 0.1) is 24.1 Å². The minimum Gasteiger partial charge on any atom is -0.460 e. The lowest BCUT2D eigenvalue weighted by atomic mass is 10.0. The first kappa shape index (κ1) is 22.2. The minimum atomic E-state index is -1.09. The van der Waals surface area contributed by atoms with Crippen LogP contribution in [0.4, 0.5) is 0 Å². The lowest BCUT2D eigenvalue weighted by molar-refractivity contribution is -0.135. The van der Waals surface area contributed by atoms with E-state index in [1.54, 1.807) is 27.2 Å². The summed E-state index contributed by atoms with van der Waals surface area (Å²) in [7, 11) is 1.66. The molecule has 2 aromatic heterocycles. The molecule has 1 saturated heterocycles. The maximum atomic E-state index is 13.0. The zero-order valence-corrected chi connectivity index (χ0v) is 18.8. The molecule has 8 heteroatoms. The van der Waals surface area contributed by atoms with Crippen LogP contribution < -0.4 is 10.1 Å². The Balaban J connectivity index is 1.62. The molecule has 0 bridgehead atoms. The lowest BCUT2D eigenvalue weighted by Gasteiger charge is -2.29. The van der Waals surface area contributed by atoms with Crippen LogP contribution in [0.5, 0.6) is 5.88 Å². The number of nitrogens with zero attached hydrogens (tertiary/aromatic N) is 3. The van der Waals surface area contributed by atoms with Crippen molar-refractivity contribution < 1.29 is 19.0 Å². The van der Waals surface area contributed by atoms with Crippen molar-refractivity contribution in [2.24, 2.45) is 0 Å². The molecule has 0 radical (unpaired) electrons. The van der Waals surface area contributed by atoms with Crippen molar-refractivity contribution >= 4 is 16.8 Å². The number of methoxy groups -OCH3 is 1. The van der Waals surface area contributed by atoms with Crippen LogP contribution in [0.2, 0.25) is 0 Å². The summed E-state index contributed by atoms with van der Waals surface area (Å²) in [6, 6.07) is 10.0. The molecular weight excluding hydrogens is 408 g/mol. The molecule has 1 aromatic carbocycles. The summed E-state index contributed by atoms with van der Waals surface area (Å²) in [6.45, 7) is 5.90. The van der Waals surface area contributed by atoms with Gasteiger partial charge in [-0.05, 0) is 56.0 Å². The quantitative estimate of drug-likeness (QED) is 0.582. The highest BCUT2D eigenvalue weighted by molar-refractivity contribution is 5.88. The van der Waals surface area contributed by atoms with Crippen molar-refractivity contribution in [2.75, 3.05) is 20.3 Å². The molecule has 1 aliphatic heterocycles. The number of fused-ring (bicyclic) bond motifs is 1. The highest BCUT2D eigenvalue weighted by Crippen LogP contribution is 2.30. The molecular formula is C24H30N4O4. The summed E-state index contributed by atoms with van der Waals surface area (Å²) in [5.41, 5.74) is 1.87. The van der Waals surface area contributed by atoms with Crippen LogP contribution in [-0.4, -0.2) is 52.6 Å². The Morgan fingerprint density at radius 3 is 2.78 bits per heavy atom. The molecule has 3 heterocycles. The van der Waals surface area contributed by atoms with E-state index >= 15 is 0 Å². The third-order valence-electron chi connectivity index (χ3n) is 5.60. The summed E-state index contributed by atoms with van der Waals surface area (Å²) in [4.78, 5) is 17.2. The third kappa shape index (κ3) is 5.08. The number of hydrogen-bond donors (Lipinski definition) is 1. The van der Waals surface area contributed by atoms with Gasteiger partial charge in [-0.1, -0.05) is 12.1 Å². The highest BCUT2D eigenvalue weighted by Gasteiger charge is 2.33. The molecule has 0 atom stereocenters. The van der Waals surface area contributed by atoms with Gasteiger partial charge in [0, 0.05) is 38.8 Å². The van der Waals surface area contributed by atoms with Crippen LogP contribution >= 0.6 is 0 Å². The van der Waals surface area contributed by atoms with Gasteiger partial charge < -0.3 is 19.5 Å². The molecule has 1 fully saturated rings. The van der Waals surface area contributed by atoms with E-state index in [1.165, 1.54) is 0 Å². The SMILES string of the molecule is COCc1ccc2c(c1)c(OC(C)(C)C(=O)NC1CCOCC1)nn2Cc1cccnc1. The predicted octanol–water partition coefficient (Wildman–Crippen LogP) is 3.08. The lowest BCUT2D eigenvalue weighted by Crippen LogP contribution is -2.51. The molecule has 1 N–H and O–H groups in total. The van der Waals surface area contributed by atoms with E-state index in [0.717, 1.165) is 34.9 Å². The molecule has 170 valence electrons. The number of amides is 1. The molecule has 1 aliphatic rings. The van der Waals surface area contributed by atoms with Crippen LogP contribution in [0.25, 0.3) is 10.9 Å². The van der Waals surface area contributed by atoms with Gasteiger partial charge in [0.2, 0.25) is 5.88 Å². The fourth-order valence-electron chi connectivity index (χ4n) is 3.80. The van der Waals surface area contributed by atoms with Crippen molar-refractivity contribution in [3.63, 3.8) is 0 Å². The van der Waals surface area contributed by atoms with E-state index in [9.17, 15) is 4.79 Å². The molecule has 0 aliphatic carbocycles. The fourth-order valence-corrected chi connectivity index (χ4v) is 3.80. The van der Waals surface area contributed by atoms with Crippen LogP contribution in [0.15, 0.2) is 42.7 Å². The summed E-state index contributed by atoms with van der Waals surface area (Å²) in [5, 5.41) is 8.67. The summed E-state index contributed by atoms with van der Waals surface area (Å²) < 4.78 is 18.8. The Morgan fingerprint density at radius 1 is 1.25 bits per heavy atom. The normalized spacial score (nSPS) is 15.1. The number of rotatable bonds is 8.